The molecule has 0 radical (unpaired) electrons. The van der Waals surface area contributed by atoms with Gasteiger partial charge in [0.25, 0.3) is 0 Å². The molecule has 15 heteroatoms. The summed E-state index contributed by atoms with van der Waals surface area (Å²) in [6.45, 7) is 1.24. The minimum absolute atomic E-state index is 0. The molecule has 2 heterocycles. The van der Waals surface area contributed by atoms with Crippen LogP contribution in [0.1, 0.15) is 47.1 Å². The highest BCUT2D eigenvalue weighted by Gasteiger charge is 2.57. The number of likely N-dealkylation sites (N-methyl/N-ethyl adjacent to an activating group) is 1. The van der Waals surface area contributed by atoms with Crippen LogP contribution in [0.25, 0.3) is 0 Å². The minimum atomic E-state index is -3.99. The molecule has 1 fully saturated rings. The summed E-state index contributed by atoms with van der Waals surface area (Å²) in [6.07, 6.45) is 6.84. The molecule has 1 saturated heterocycles. The number of benzene rings is 5. The molecule has 0 bridgehead atoms. The fraction of sp³-hybridized carbons (Fsp3) is 0.312. The lowest BCUT2D eigenvalue weighted by Crippen LogP contribution is -2.50. The number of imidazole rings is 1. The Morgan fingerprint density at radius 3 is 1.78 bits per heavy atom. The molecule has 1 aromatic heterocycles. The Morgan fingerprint density at radius 1 is 0.698 bits per heavy atom. The lowest BCUT2D eigenvalue weighted by Gasteiger charge is -2.37. The summed E-state index contributed by atoms with van der Waals surface area (Å²) in [7, 11) is 0.0553. The molecule has 0 unspecified atom stereocenters. The van der Waals surface area contributed by atoms with Crippen LogP contribution in [-0.2, 0) is 35.7 Å². The number of aromatic nitrogens is 2. The van der Waals surface area contributed by atoms with Gasteiger partial charge in [0.1, 0.15) is 5.54 Å². The molecule has 1 aliphatic heterocycles. The van der Waals surface area contributed by atoms with Gasteiger partial charge in [-0.2, -0.15) is 0 Å². The van der Waals surface area contributed by atoms with E-state index in [0.29, 0.717) is 42.5 Å². The molecule has 0 spiro atoms. The fourth-order valence-corrected chi connectivity index (χ4v) is 14.5. The average Bonchev–Trinajstić information content (AvgIpc) is 3.83. The largest absolute Gasteiger partial charge is 0.493 e. The van der Waals surface area contributed by atoms with Crippen LogP contribution >= 0.6 is 24.0 Å². The molecule has 0 amide bonds. The van der Waals surface area contributed by atoms with Gasteiger partial charge in [0, 0.05) is 29.5 Å². The maximum Gasteiger partial charge on any atom is 0.198 e. The molecule has 7 rings (SSSR count). The van der Waals surface area contributed by atoms with Gasteiger partial charge in [-0.15, -0.1) is 12.4 Å². The Bertz CT molecular complexity index is 2540. The topological polar surface area (TPSA) is 126 Å². The van der Waals surface area contributed by atoms with Gasteiger partial charge in [0.2, 0.25) is 0 Å². The van der Waals surface area contributed by atoms with Gasteiger partial charge in [-0.25, -0.2) is 21.8 Å². The number of ether oxygens (including phenoxy) is 4. The molecule has 5 aromatic carbocycles. The third-order valence-electron chi connectivity index (χ3n) is 11.5. The molecule has 0 N–H and O–H groups in total. The van der Waals surface area contributed by atoms with E-state index in [1.807, 2.05) is 68.1 Å². The van der Waals surface area contributed by atoms with Gasteiger partial charge in [-0.3, -0.25) is 0 Å². The monoisotopic (exact) mass is 935 g/mol. The number of hydrogen-bond acceptors (Lipinski definition) is 10. The van der Waals surface area contributed by atoms with Crippen molar-refractivity contribution in [1.82, 2.24) is 14.5 Å². The molecular weight excluding hydrogens is 882 g/mol. The molecule has 1 aliphatic rings. The van der Waals surface area contributed by atoms with Crippen molar-refractivity contribution in [3.8, 4) is 23.0 Å². The van der Waals surface area contributed by atoms with E-state index in [1.165, 1.54) is 26.4 Å². The van der Waals surface area contributed by atoms with Crippen LogP contribution in [0.2, 0.25) is 5.02 Å². The number of halogens is 2. The summed E-state index contributed by atoms with van der Waals surface area (Å²) in [4.78, 5) is 6.38. The first-order chi connectivity index (χ1) is 29.9. The summed E-state index contributed by atoms with van der Waals surface area (Å²) in [5.74, 6) is 1.68. The van der Waals surface area contributed by atoms with Gasteiger partial charge < -0.3 is 28.4 Å². The van der Waals surface area contributed by atoms with E-state index in [2.05, 4.69) is 69.0 Å². The number of sulfone groups is 2. The maximum atomic E-state index is 13.5. The molecule has 336 valence electrons. The second-order valence-electron chi connectivity index (χ2n) is 15.1. The van der Waals surface area contributed by atoms with Crippen LogP contribution in [0, 0.1) is 0 Å². The van der Waals surface area contributed by atoms with Gasteiger partial charge in [0.05, 0.1) is 46.3 Å². The lowest BCUT2D eigenvalue weighted by molar-refractivity contribution is 0.324. The normalized spacial score (nSPS) is 15.0. The van der Waals surface area contributed by atoms with Crippen LogP contribution < -0.4 is 18.9 Å². The Kier molecular flexibility index (Phi) is 16.8. The van der Waals surface area contributed by atoms with Crippen molar-refractivity contribution in [2.24, 2.45) is 0 Å². The summed E-state index contributed by atoms with van der Waals surface area (Å²) >= 11 is 6.69. The number of hydrogen-bond donors (Lipinski definition) is 0. The number of methoxy groups -OCH3 is 4. The van der Waals surface area contributed by atoms with Crippen LogP contribution in [0.15, 0.2) is 140 Å². The van der Waals surface area contributed by atoms with Crippen LogP contribution in [0.5, 0.6) is 23.0 Å². The Labute approximate surface area is 383 Å². The predicted octanol–water partition coefficient (Wildman–Crippen LogP) is 8.86. The molecule has 0 saturated carbocycles. The fourth-order valence-electron chi connectivity index (χ4n) is 8.39. The lowest BCUT2D eigenvalue weighted by atomic mass is 9.76. The average molecular weight is 937 g/mol. The number of rotatable bonds is 16. The molecule has 11 nitrogen and oxygen atoms in total. The van der Waals surface area contributed by atoms with Crippen molar-refractivity contribution in [2.75, 3.05) is 60.1 Å². The summed E-state index contributed by atoms with van der Waals surface area (Å²) in [6, 6.07) is 39.2. The van der Waals surface area contributed by atoms with Crippen molar-refractivity contribution in [3.63, 3.8) is 0 Å². The smallest absolute Gasteiger partial charge is 0.198 e. The maximum absolute atomic E-state index is 13.5. The Hall–Kier alpha value is -5.05. The third-order valence-corrected chi connectivity index (χ3v) is 17.9. The van der Waals surface area contributed by atoms with Gasteiger partial charge in [-0.05, 0) is 91.9 Å². The molecule has 6 aromatic rings. The van der Waals surface area contributed by atoms with Crippen LogP contribution in [-0.4, -0.2) is 91.4 Å². The first kappa shape index (κ1) is 49.0. The standard InChI is InChI=1S/C26H37NO8S2.C22H17ClN2.ClH/c1-27(15-12-20-8-10-22(32-2)24(18-20)34-4)14-6-13-26(36(28,29)16-7-17-37(26,30)31)21-9-11-23(33-3)25(19-21)35-5;23-21-14-8-7-13-20(21)22(25-16-15-24-17-25,18-9-3-1-4-10-18)19-11-5-2-6-12-19;/h8-11,18-19H,6-7,12-17H2,1-5H3;1-17H;1H. The second-order valence-corrected chi connectivity index (χ2v) is 20.4. The van der Waals surface area contributed by atoms with Crippen molar-refractivity contribution < 1.29 is 35.8 Å². The van der Waals surface area contributed by atoms with Gasteiger partial charge in [-0.1, -0.05) is 103 Å². The van der Waals surface area contributed by atoms with E-state index in [1.54, 1.807) is 26.5 Å². The first-order valence-corrected chi connectivity index (χ1v) is 24.0. The SMILES string of the molecule is COc1ccc(CCN(C)CCCC2(c3ccc(OC)c(OC)c3)S(=O)(=O)CCCS2(=O)=O)cc1OC.Cl.Clc1ccccc1C(c1ccccc1)(c1ccccc1)n1ccnc1. The number of nitrogens with zero attached hydrogens (tertiary/aromatic N) is 3. The van der Waals surface area contributed by atoms with E-state index in [9.17, 15) is 16.8 Å². The van der Waals surface area contributed by atoms with Crippen molar-refractivity contribution in [1.29, 1.82) is 0 Å². The van der Waals surface area contributed by atoms with Crippen LogP contribution in [0.3, 0.4) is 0 Å². The van der Waals surface area contributed by atoms with Crippen LogP contribution in [0.4, 0.5) is 0 Å². The van der Waals surface area contributed by atoms with E-state index in [-0.39, 0.29) is 42.3 Å². The quantitative estimate of drug-likeness (QED) is 0.0870. The molecule has 0 aliphatic carbocycles. The van der Waals surface area contributed by atoms with Gasteiger partial charge in [0.15, 0.2) is 46.8 Å². The summed E-state index contributed by atoms with van der Waals surface area (Å²) in [5.41, 5.74) is 3.98. The van der Waals surface area contributed by atoms with E-state index < -0.39 is 29.3 Å². The zero-order valence-electron chi connectivity index (χ0n) is 36.1. The van der Waals surface area contributed by atoms with Crippen molar-refractivity contribution >= 4 is 43.7 Å². The Morgan fingerprint density at radius 2 is 1.24 bits per heavy atom. The highest BCUT2D eigenvalue weighted by Crippen LogP contribution is 2.47. The highest BCUT2D eigenvalue weighted by atomic mass is 35.5. The van der Waals surface area contributed by atoms with E-state index >= 15 is 0 Å². The summed E-state index contributed by atoms with van der Waals surface area (Å²) < 4.78 is 75.3. The molecule has 63 heavy (non-hydrogen) atoms. The van der Waals surface area contributed by atoms with E-state index in [4.69, 9.17) is 30.5 Å². The predicted molar refractivity (Wildman–Crippen MR) is 252 cm³/mol. The first-order valence-electron chi connectivity index (χ1n) is 20.3. The zero-order chi connectivity index (χ0) is 44.4. The zero-order valence-corrected chi connectivity index (χ0v) is 39.4. The summed E-state index contributed by atoms with van der Waals surface area (Å²) in [5, 5.41) is 0.726. The Balaban J connectivity index is 0.000000250. The molecule has 0 atom stereocenters. The minimum Gasteiger partial charge on any atom is -0.493 e. The second kappa shape index (κ2) is 21.6. The third kappa shape index (κ3) is 10.0. The van der Waals surface area contributed by atoms with Crippen molar-refractivity contribution in [3.05, 3.63) is 173 Å². The van der Waals surface area contributed by atoms with Gasteiger partial charge >= 0.3 is 0 Å². The van der Waals surface area contributed by atoms with E-state index in [0.717, 1.165) is 33.7 Å². The highest BCUT2D eigenvalue weighted by molar-refractivity contribution is 8.10. The van der Waals surface area contributed by atoms with Crippen molar-refractivity contribution in [2.45, 2.75) is 35.3 Å². The molecular formula is C48H55Cl2N3O8S2.